The molecule has 16 nitrogen and oxygen atoms in total. The Bertz CT molecular complexity index is 2940. The molecule has 4 atom stereocenters. The van der Waals surface area contributed by atoms with Gasteiger partial charge in [0.1, 0.15) is 24.4 Å². The molecule has 6 heterocycles. The average Bonchev–Trinajstić information content (AvgIpc) is 4.07. The zero-order valence-corrected chi connectivity index (χ0v) is 48.5. The van der Waals surface area contributed by atoms with Crippen LogP contribution in [-0.4, -0.2) is 154 Å². The van der Waals surface area contributed by atoms with Gasteiger partial charge < -0.3 is 35.2 Å². The number of amides is 3. The predicted molar refractivity (Wildman–Crippen MR) is 310 cm³/mol. The highest BCUT2D eigenvalue weighted by atomic mass is 35.5. The van der Waals surface area contributed by atoms with Crippen molar-refractivity contribution in [2.45, 2.75) is 123 Å². The van der Waals surface area contributed by atoms with Gasteiger partial charge in [-0.25, -0.2) is 15.0 Å². The van der Waals surface area contributed by atoms with Gasteiger partial charge in [0.15, 0.2) is 0 Å². The second-order valence-electron chi connectivity index (χ2n) is 23.8. The molecule has 0 unspecified atom stereocenters. The molecule has 3 N–H and O–H groups in total. The summed E-state index contributed by atoms with van der Waals surface area (Å²) in [5.74, 6) is 1.26. The Hall–Kier alpha value is -6.00. The van der Waals surface area contributed by atoms with E-state index < -0.39 is 23.6 Å². The molecule has 4 aliphatic heterocycles. The third-order valence-corrected chi connectivity index (χ3v) is 17.9. The predicted octanol–water partition coefficient (Wildman–Crippen LogP) is 8.01. The number of nitrogens with one attached hydrogen (secondary N) is 2. The Kier molecular flexibility index (Phi) is 18.4. The third-order valence-electron chi connectivity index (χ3n) is 16.7. The number of hydrogen-bond donors (Lipinski definition) is 3. The molecule has 2 aromatic heterocycles. The molecule has 79 heavy (non-hydrogen) atoms. The van der Waals surface area contributed by atoms with Crippen LogP contribution >= 0.6 is 22.9 Å². The molecule has 0 aliphatic carbocycles. The highest BCUT2D eigenvalue weighted by Gasteiger charge is 2.45. The van der Waals surface area contributed by atoms with Crippen LogP contribution in [0, 0.1) is 29.6 Å². The summed E-state index contributed by atoms with van der Waals surface area (Å²) in [6, 6.07) is 24.1. The van der Waals surface area contributed by atoms with E-state index in [-0.39, 0.29) is 48.7 Å². The summed E-state index contributed by atoms with van der Waals surface area (Å²) >= 11 is 7.92. The fourth-order valence-electron chi connectivity index (χ4n) is 11.8. The van der Waals surface area contributed by atoms with Crippen molar-refractivity contribution >= 4 is 46.6 Å². The highest BCUT2D eigenvalue weighted by Crippen LogP contribution is 2.35. The van der Waals surface area contributed by atoms with Crippen LogP contribution in [0.2, 0.25) is 5.02 Å². The first-order valence-corrected chi connectivity index (χ1v) is 29.4. The van der Waals surface area contributed by atoms with Crippen LogP contribution in [0.15, 0.2) is 84.5 Å². The van der Waals surface area contributed by atoms with Gasteiger partial charge in [0.05, 0.1) is 52.1 Å². The summed E-state index contributed by atoms with van der Waals surface area (Å²) < 4.78 is 6.18. The molecule has 4 fully saturated rings. The Labute approximate surface area is 475 Å². The molecule has 9 rings (SSSR count). The van der Waals surface area contributed by atoms with E-state index in [4.69, 9.17) is 21.3 Å². The van der Waals surface area contributed by atoms with Gasteiger partial charge in [-0.2, -0.15) is 5.26 Å². The zero-order chi connectivity index (χ0) is 56.0. The number of nitrogens with zero attached hydrogens (tertiary/aromatic N) is 9. The maximum Gasteiger partial charge on any atom is 0.246 e. The molecule has 0 spiro atoms. The van der Waals surface area contributed by atoms with Crippen molar-refractivity contribution in [1.82, 2.24) is 45.2 Å². The molecule has 3 amide bonds. The number of hydrogen-bond acceptors (Lipinski definition) is 14. The first-order valence-electron chi connectivity index (χ1n) is 28.1. The number of piperidine rings is 2. The number of aliphatic hydroxyl groups excluding tert-OH is 1. The minimum atomic E-state index is -0.874. The van der Waals surface area contributed by atoms with Gasteiger partial charge in [-0.15, -0.1) is 11.3 Å². The fraction of sp³-hybridized carbons (Fsp3) is 0.525. The molecule has 0 bridgehead atoms. The summed E-state index contributed by atoms with van der Waals surface area (Å²) in [4.78, 5) is 68.1. The van der Waals surface area contributed by atoms with E-state index >= 15 is 0 Å². The van der Waals surface area contributed by atoms with Crippen molar-refractivity contribution in [2.24, 2.45) is 11.3 Å². The van der Waals surface area contributed by atoms with Gasteiger partial charge >= 0.3 is 0 Å². The van der Waals surface area contributed by atoms with Crippen molar-refractivity contribution in [3.8, 4) is 22.3 Å². The smallest absolute Gasteiger partial charge is 0.246 e. The normalized spacial score (nSPS) is 20.2. The number of anilines is 1. The van der Waals surface area contributed by atoms with Gasteiger partial charge in [-0.3, -0.25) is 24.2 Å². The van der Waals surface area contributed by atoms with Crippen molar-refractivity contribution in [3.63, 3.8) is 0 Å². The highest BCUT2D eigenvalue weighted by molar-refractivity contribution is 7.13. The number of β-amino-alcohol motifs (C(OH)–C–C–N with tert-alkyl or cyclic N) is 1. The van der Waals surface area contributed by atoms with Crippen molar-refractivity contribution in [1.29, 1.82) is 5.26 Å². The quantitative estimate of drug-likeness (QED) is 0.0815. The SMILES string of the molecule is Cc1ncsc1-c1ccc([C@H](C)NC(=O)[C@@H]2C[C@@H](O)CN2C(=O)[C@@H](NC(=O)CN2CCC(N3CCC(CN4CCN(c5nccc(COc6ccc(C(C)(C)c7cc(Cl)cc(C#N)c7)cc6)n5)CC4)CC3)CC2)C(C)(C)C)cc1. The number of piperazine rings is 1. The average molecular weight is 1110 g/mol. The van der Waals surface area contributed by atoms with E-state index in [1.807, 2.05) is 101 Å². The van der Waals surface area contributed by atoms with Gasteiger partial charge in [0.2, 0.25) is 23.7 Å². The number of aliphatic hydroxyl groups is 1. The van der Waals surface area contributed by atoms with E-state index in [0.29, 0.717) is 29.2 Å². The van der Waals surface area contributed by atoms with E-state index in [1.54, 1.807) is 17.4 Å². The Morgan fingerprint density at radius 1 is 0.861 bits per heavy atom. The molecule has 3 aromatic carbocycles. The third kappa shape index (κ3) is 14.3. The molecule has 5 aromatic rings. The van der Waals surface area contributed by atoms with Crippen LogP contribution in [0.3, 0.4) is 0 Å². The number of aromatic nitrogens is 3. The molecular weight excluding hydrogens is 1030 g/mol. The first kappa shape index (κ1) is 57.7. The number of thiazole rings is 1. The number of aryl methyl sites for hydroxylation is 1. The standard InChI is InChI=1S/C61H78ClN11O5S/c1-40(44-8-10-45(11-9-44)55-41(2)65-39-79-55)66-57(76)53-33-51(74)36-73(53)58(77)56(60(3,4)5)68-54(75)37-69-22-19-50(20-23-69)71-24-17-42(18-25-71)35-70-26-28-72(29-27-70)59-64-21-16-49(67-59)38-78-52-14-12-46(13-15-52)61(6,7)47-30-43(34-63)31-48(62)32-47/h8-16,21,30-32,39-40,42,50-51,53,56,74H,17-20,22-29,33,35-38H2,1-7H3,(H,66,76)(H,68,75)/t40-,51+,53-,56+/m0/s1. The summed E-state index contributed by atoms with van der Waals surface area (Å²) in [6.07, 6.45) is 5.46. The Morgan fingerprint density at radius 3 is 2.23 bits per heavy atom. The number of ether oxygens (including phenoxy) is 1. The minimum absolute atomic E-state index is 0.0295. The van der Waals surface area contributed by atoms with Crippen molar-refractivity contribution in [2.75, 3.05) is 76.9 Å². The van der Waals surface area contributed by atoms with Gasteiger partial charge in [0.25, 0.3) is 0 Å². The summed E-state index contributed by atoms with van der Waals surface area (Å²) in [7, 11) is 0. The molecular formula is C61H78ClN11O5S. The molecule has 0 radical (unpaired) electrons. The molecule has 420 valence electrons. The first-order chi connectivity index (χ1) is 37.8. The Morgan fingerprint density at radius 2 is 1.57 bits per heavy atom. The second-order valence-corrected chi connectivity index (χ2v) is 25.1. The maximum atomic E-state index is 14.3. The van der Waals surface area contributed by atoms with Crippen molar-refractivity contribution in [3.05, 3.63) is 123 Å². The maximum absolute atomic E-state index is 14.3. The lowest BCUT2D eigenvalue weighted by Crippen LogP contribution is -2.59. The van der Waals surface area contributed by atoms with Gasteiger partial charge in [0, 0.05) is 81.5 Å². The molecule has 18 heteroatoms. The van der Waals surface area contributed by atoms with Crippen LogP contribution in [-0.2, 0) is 26.4 Å². The van der Waals surface area contributed by atoms with Crippen LogP contribution in [0.4, 0.5) is 5.95 Å². The minimum Gasteiger partial charge on any atom is -0.487 e. The lowest BCUT2D eigenvalue weighted by atomic mass is 9.78. The topological polar surface area (TPSA) is 183 Å². The molecule has 0 saturated carbocycles. The summed E-state index contributed by atoms with van der Waals surface area (Å²) in [6.45, 7) is 23.1. The second kappa shape index (κ2) is 25.2. The number of carbonyl (C=O) groups excluding carboxylic acids is 3. The number of nitriles is 1. The fourth-order valence-corrected chi connectivity index (χ4v) is 12.8. The largest absolute Gasteiger partial charge is 0.487 e. The number of likely N-dealkylation sites (tertiary alicyclic amines) is 3. The van der Waals surface area contributed by atoms with Crippen molar-refractivity contribution < 1.29 is 24.2 Å². The number of benzene rings is 3. The van der Waals surface area contributed by atoms with Crippen LogP contribution in [0.25, 0.3) is 10.4 Å². The number of halogens is 1. The summed E-state index contributed by atoms with van der Waals surface area (Å²) in [5.41, 5.74) is 7.25. The molecule has 4 saturated heterocycles. The zero-order valence-electron chi connectivity index (χ0n) is 47.0. The number of carbonyl (C=O) groups is 3. The Balaban J connectivity index is 0.674. The van der Waals surface area contributed by atoms with E-state index in [1.165, 1.54) is 17.7 Å². The monoisotopic (exact) mass is 1110 g/mol. The van der Waals surface area contributed by atoms with E-state index in [2.05, 4.69) is 72.3 Å². The lowest BCUT2D eigenvalue weighted by molar-refractivity contribution is -0.144. The van der Waals surface area contributed by atoms with Crippen LogP contribution < -0.4 is 20.3 Å². The lowest BCUT2D eigenvalue weighted by Gasteiger charge is -2.43. The van der Waals surface area contributed by atoms with Crippen LogP contribution in [0.1, 0.15) is 113 Å². The van der Waals surface area contributed by atoms with Gasteiger partial charge in [-0.05, 0) is 123 Å². The van der Waals surface area contributed by atoms with Crippen LogP contribution in [0.5, 0.6) is 5.75 Å². The van der Waals surface area contributed by atoms with E-state index in [9.17, 15) is 24.8 Å². The molecule has 4 aliphatic rings. The van der Waals surface area contributed by atoms with Gasteiger partial charge in [-0.1, -0.05) is 82.6 Å². The van der Waals surface area contributed by atoms with E-state index in [0.717, 1.165) is 122 Å². The summed E-state index contributed by atoms with van der Waals surface area (Å²) in [5, 5.41) is 26.9. The number of rotatable bonds is 17.